The Morgan fingerprint density at radius 3 is 2.53 bits per heavy atom. The molecule has 6 heteroatoms. The van der Waals surface area contributed by atoms with Gasteiger partial charge in [0.2, 0.25) is 0 Å². The molecular formula is C13H24N6. The summed E-state index contributed by atoms with van der Waals surface area (Å²) >= 11 is 0. The molecule has 0 saturated carbocycles. The molecule has 106 valence electrons. The van der Waals surface area contributed by atoms with Gasteiger partial charge < -0.3 is 10.3 Å². The largest absolute Gasteiger partial charge is 0.354 e. The molecule has 0 bridgehead atoms. The molecule has 0 aromatic carbocycles. The number of piperazine rings is 1. The Bertz CT molecular complexity index is 412. The number of hydrogen-bond donors (Lipinski definition) is 2. The molecule has 2 rings (SSSR count). The van der Waals surface area contributed by atoms with Crippen molar-refractivity contribution in [3.05, 3.63) is 11.9 Å². The summed E-state index contributed by atoms with van der Waals surface area (Å²) < 4.78 is 0. The number of nitrogens with one attached hydrogen (secondary N) is 1. The van der Waals surface area contributed by atoms with Gasteiger partial charge in [0.05, 0.1) is 0 Å². The zero-order chi connectivity index (χ0) is 13.8. The molecule has 2 heterocycles. The summed E-state index contributed by atoms with van der Waals surface area (Å²) in [7, 11) is 0. The molecule has 6 nitrogen and oxygen atoms in total. The number of rotatable bonds is 4. The quantitative estimate of drug-likeness (QED) is 0.620. The normalized spacial score (nSPS) is 17.0. The molecule has 1 aliphatic rings. The van der Waals surface area contributed by atoms with Gasteiger partial charge in [0.15, 0.2) is 0 Å². The number of hydrazine groups is 1. The highest BCUT2D eigenvalue weighted by molar-refractivity contribution is 5.57. The van der Waals surface area contributed by atoms with Gasteiger partial charge in [-0.2, -0.15) is 0 Å². The Morgan fingerprint density at radius 1 is 1.26 bits per heavy atom. The molecule has 19 heavy (non-hydrogen) atoms. The first-order valence-corrected chi connectivity index (χ1v) is 6.87. The fourth-order valence-corrected chi connectivity index (χ4v) is 2.56. The van der Waals surface area contributed by atoms with Crippen molar-refractivity contribution in [3.8, 4) is 0 Å². The number of anilines is 2. The van der Waals surface area contributed by atoms with Crippen molar-refractivity contribution < 1.29 is 0 Å². The highest BCUT2D eigenvalue weighted by atomic mass is 15.3. The Morgan fingerprint density at radius 2 is 1.95 bits per heavy atom. The molecule has 1 aliphatic heterocycles. The van der Waals surface area contributed by atoms with Gasteiger partial charge in [0.1, 0.15) is 18.0 Å². The predicted octanol–water partition coefficient (Wildman–Crippen LogP) is 0.849. The van der Waals surface area contributed by atoms with Gasteiger partial charge in [-0.3, -0.25) is 4.90 Å². The van der Waals surface area contributed by atoms with Crippen LogP contribution >= 0.6 is 0 Å². The minimum absolute atomic E-state index is 0.703. The zero-order valence-corrected chi connectivity index (χ0v) is 12.1. The van der Waals surface area contributed by atoms with E-state index in [-0.39, 0.29) is 0 Å². The van der Waals surface area contributed by atoms with Gasteiger partial charge in [0, 0.05) is 38.3 Å². The van der Waals surface area contributed by atoms with E-state index in [1.165, 1.54) is 6.54 Å². The Hall–Kier alpha value is -1.40. The minimum atomic E-state index is 0.703. The van der Waals surface area contributed by atoms with Crippen molar-refractivity contribution in [2.24, 2.45) is 11.8 Å². The molecular weight excluding hydrogens is 240 g/mol. The zero-order valence-electron chi connectivity index (χ0n) is 12.1. The van der Waals surface area contributed by atoms with Crippen LogP contribution in [0.3, 0.4) is 0 Å². The molecule has 1 fully saturated rings. The number of hydrogen-bond acceptors (Lipinski definition) is 6. The predicted molar refractivity (Wildman–Crippen MR) is 78.1 cm³/mol. The van der Waals surface area contributed by atoms with Crippen LogP contribution in [0.2, 0.25) is 0 Å². The van der Waals surface area contributed by atoms with Crippen LogP contribution in [0.4, 0.5) is 11.6 Å². The number of nitrogen functional groups attached to an aromatic ring is 1. The lowest BCUT2D eigenvalue weighted by molar-refractivity contribution is 0.231. The maximum absolute atomic E-state index is 5.46. The van der Waals surface area contributed by atoms with Gasteiger partial charge in [-0.15, -0.1) is 0 Å². The molecule has 3 N–H and O–H groups in total. The van der Waals surface area contributed by atoms with Gasteiger partial charge in [-0.25, -0.2) is 15.8 Å². The van der Waals surface area contributed by atoms with Gasteiger partial charge in [-0.1, -0.05) is 13.8 Å². The number of nitrogens with two attached hydrogens (primary N) is 1. The summed E-state index contributed by atoms with van der Waals surface area (Å²) in [6.07, 6.45) is 1.57. The second kappa shape index (κ2) is 6.16. The van der Waals surface area contributed by atoms with E-state index in [9.17, 15) is 0 Å². The van der Waals surface area contributed by atoms with Crippen LogP contribution in [0.15, 0.2) is 6.33 Å². The van der Waals surface area contributed by atoms with Crippen LogP contribution in [0.5, 0.6) is 0 Å². The third-order valence-electron chi connectivity index (χ3n) is 3.49. The van der Waals surface area contributed by atoms with Crippen LogP contribution in [0.25, 0.3) is 0 Å². The minimum Gasteiger partial charge on any atom is -0.354 e. The summed E-state index contributed by atoms with van der Waals surface area (Å²) in [5.41, 5.74) is 3.64. The number of aromatic nitrogens is 2. The Balaban J connectivity index is 2.01. The van der Waals surface area contributed by atoms with Crippen molar-refractivity contribution in [2.75, 3.05) is 43.0 Å². The Labute approximate surface area is 115 Å². The molecule has 0 aliphatic carbocycles. The molecule has 0 atom stereocenters. The van der Waals surface area contributed by atoms with Crippen LogP contribution in [-0.4, -0.2) is 47.6 Å². The molecule has 0 unspecified atom stereocenters. The lowest BCUT2D eigenvalue weighted by atomic mass is 10.2. The van der Waals surface area contributed by atoms with Crippen molar-refractivity contribution in [2.45, 2.75) is 20.8 Å². The van der Waals surface area contributed by atoms with E-state index in [1.54, 1.807) is 6.33 Å². The van der Waals surface area contributed by atoms with Gasteiger partial charge in [0.25, 0.3) is 0 Å². The van der Waals surface area contributed by atoms with Gasteiger partial charge in [-0.05, 0) is 12.8 Å². The van der Waals surface area contributed by atoms with Crippen LogP contribution < -0.4 is 16.2 Å². The van der Waals surface area contributed by atoms with E-state index in [0.717, 1.165) is 43.5 Å². The summed E-state index contributed by atoms with van der Waals surface area (Å²) in [4.78, 5) is 13.3. The summed E-state index contributed by atoms with van der Waals surface area (Å²) in [6, 6.07) is 0. The van der Waals surface area contributed by atoms with Crippen molar-refractivity contribution in [1.82, 2.24) is 14.9 Å². The first-order valence-electron chi connectivity index (χ1n) is 6.87. The average Bonchev–Trinajstić information content (AvgIpc) is 2.39. The summed E-state index contributed by atoms with van der Waals surface area (Å²) in [5, 5.41) is 0. The lowest BCUT2D eigenvalue weighted by Crippen LogP contribution is -2.48. The fraction of sp³-hybridized carbons (Fsp3) is 0.692. The van der Waals surface area contributed by atoms with E-state index in [2.05, 4.69) is 39.0 Å². The maximum atomic E-state index is 5.46. The highest BCUT2D eigenvalue weighted by Crippen LogP contribution is 2.22. The first kappa shape index (κ1) is 14.0. The average molecular weight is 264 g/mol. The highest BCUT2D eigenvalue weighted by Gasteiger charge is 2.20. The SMILES string of the molecule is Cc1c(NN)ncnc1N1CCN(CC(C)C)CC1. The molecule has 0 amide bonds. The van der Waals surface area contributed by atoms with E-state index in [1.807, 2.05) is 6.92 Å². The van der Waals surface area contributed by atoms with Gasteiger partial charge >= 0.3 is 0 Å². The van der Waals surface area contributed by atoms with Crippen molar-refractivity contribution in [3.63, 3.8) is 0 Å². The first-order chi connectivity index (χ1) is 9.11. The van der Waals surface area contributed by atoms with Crippen molar-refractivity contribution in [1.29, 1.82) is 0 Å². The van der Waals surface area contributed by atoms with Crippen LogP contribution in [0, 0.1) is 12.8 Å². The molecule has 0 spiro atoms. The maximum Gasteiger partial charge on any atom is 0.148 e. The third kappa shape index (κ3) is 3.33. The fourth-order valence-electron chi connectivity index (χ4n) is 2.56. The molecule has 1 saturated heterocycles. The van der Waals surface area contributed by atoms with E-state index >= 15 is 0 Å². The third-order valence-corrected chi connectivity index (χ3v) is 3.49. The van der Waals surface area contributed by atoms with Crippen LogP contribution in [-0.2, 0) is 0 Å². The van der Waals surface area contributed by atoms with Crippen LogP contribution in [0.1, 0.15) is 19.4 Å². The molecule has 0 radical (unpaired) electrons. The van der Waals surface area contributed by atoms with E-state index in [0.29, 0.717) is 5.82 Å². The van der Waals surface area contributed by atoms with E-state index in [4.69, 9.17) is 5.84 Å². The summed E-state index contributed by atoms with van der Waals surface area (Å²) in [6.45, 7) is 11.9. The molecule has 1 aromatic rings. The lowest BCUT2D eigenvalue weighted by Gasteiger charge is -2.36. The standard InChI is InChI=1S/C13H24N6/c1-10(2)8-18-4-6-19(7-5-18)13-11(3)12(17-14)15-9-16-13/h9-10H,4-8,14H2,1-3H3,(H,15,16,17). The van der Waals surface area contributed by atoms with E-state index < -0.39 is 0 Å². The monoisotopic (exact) mass is 264 g/mol. The molecule has 1 aromatic heterocycles. The summed E-state index contributed by atoms with van der Waals surface area (Å²) in [5.74, 6) is 7.88. The topological polar surface area (TPSA) is 70.3 Å². The number of nitrogens with zero attached hydrogens (tertiary/aromatic N) is 4. The second-order valence-corrected chi connectivity index (χ2v) is 5.50. The second-order valence-electron chi connectivity index (χ2n) is 5.50. The van der Waals surface area contributed by atoms with Crippen molar-refractivity contribution >= 4 is 11.6 Å². The smallest absolute Gasteiger partial charge is 0.148 e. The Kier molecular flexibility index (Phi) is 4.55.